The molecule has 0 amide bonds. The van der Waals surface area contributed by atoms with E-state index in [1.165, 1.54) is 18.4 Å². The molecule has 0 aliphatic carbocycles. The van der Waals surface area contributed by atoms with Gasteiger partial charge in [0.05, 0.1) is 0 Å². The van der Waals surface area contributed by atoms with Crippen molar-refractivity contribution in [3.05, 3.63) is 61.2 Å². The third kappa shape index (κ3) is 2.25. The van der Waals surface area contributed by atoms with Gasteiger partial charge in [-0.3, -0.25) is 4.90 Å². The predicted molar refractivity (Wildman–Crippen MR) is 69.2 cm³/mol. The molecule has 1 saturated heterocycles. The number of likely N-dealkylation sites (tertiary alicyclic amines) is 1. The molecule has 0 aromatic heterocycles. The Morgan fingerprint density at radius 1 is 1.06 bits per heavy atom. The molecule has 1 aliphatic heterocycles. The minimum Gasteiger partial charge on any atom is -0.286 e. The Morgan fingerprint density at radius 3 is 2.12 bits per heavy atom. The lowest BCUT2D eigenvalue weighted by atomic mass is 10.2. The van der Waals surface area contributed by atoms with Gasteiger partial charge in [-0.05, 0) is 18.4 Å². The summed E-state index contributed by atoms with van der Waals surface area (Å²) in [7, 11) is 0. The van der Waals surface area contributed by atoms with Crippen molar-refractivity contribution in [1.82, 2.24) is 4.90 Å². The summed E-state index contributed by atoms with van der Waals surface area (Å²) in [4.78, 5) is 2.48. The van der Waals surface area contributed by atoms with Crippen molar-refractivity contribution >= 4 is 0 Å². The van der Waals surface area contributed by atoms with E-state index in [2.05, 4.69) is 60.5 Å². The van der Waals surface area contributed by atoms with Crippen LogP contribution in [0.4, 0.5) is 0 Å². The van der Waals surface area contributed by atoms with E-state index in [0.717, 1.165) is 6.54 Å². The first-order chi connectivity index (χ1) is 7.85. The Labute approximate surface area is 98.1 Å². The maximum Gasteiger partial charge on any atom is 0.0285 e. The van der Waals surface area contributed by atoms with Crippen LogP contribution in [0.5, 0.6) is 0 Å². The van der Waals surface area contributed by atoms with Gasteiger partial charge >= 0.3 is 0 Å². The molecule has 1 heterocycles. The summed E-state index contributed by atoms with van der Waals surface area (Å²) in [5.41, 5.74) is 1.36. The smallest absolute Gasteiger partial charge is 0.0285 e. The molecule has 1 aromatic carbocycles. The maximum atomic E-state index is 3.93. The fourth-order valence-electron chi connectivity index (χ4n) is 2.45. The molecule has 0 unspecified atom stereocenters. The maximum absolute atomic E-state index is 3.93. The normalized spacial score (nSPS) is 25.5. The summed E-state index contributed by atoms with van der Waals surface area (Å²) in [5.74, 6) is 0. The van der Waals surface area contributed by atoms with Gasteiger partial charge in [-0.15, -0.1) is 13.2 Å². The van der Waals surface area contributed by atoms with Crippen molar-refractivity contribution in [2.45, 2.75) is 31.5 Å². The van der Waals surface area contributed by atoms with E-state index in [-0.39, 0.29) is 0 Å². The lowest BCUT2D eigenvalue weighted by Crippen LogP contribution is -2.33. The highest BCUT2D eigenvalue weighted by Gasteiger charge is 2.29. The van der Waals surface area contributed by atoms with E-state index < -0.39 is 0 Å². The molecule has 0 spiro atoms. The highest BCUT2D eigenvalue weighted by atomic mass is 15.2. The van der Waals surface area contributed by atoms with Crippen molar-refractivity contribution < 1.29 is 0 Å². The van der Waals surface area contributed by atoms with Gasteiger partial charge in [-0.25, -0.2) is 0 Å². The molecule has 84 valence electrons. The first kappa shape index (κ1) is 11.2. The SMILES string of the molecule is C=C[C@H]1CC[C@H](C=C)N1Cc1ccccc1. The van der Waals surface area contributed by atoms with Gasteiger partial charge in [0.2, 0.25) is 0 Å². The van der Waals surface area contributed by atoms with Crippen LogP contribution in [0.15, 0.2) is 55.6 Å². The van der Waals surface area contributed by atoms with Crippen molar-refractivity contribution in [3.63, 3.8) is 0 Å². The summed E-state index contributed by atoms with van der Waals surface area (Å²) in [6, 6.07) is 11.6. The fourth-order valence-corrected chi connectivity index (χ4v) is 2.45. The van der Waals surface area contributed by atoms with Crippen LogP contribution in [0.25, 0.3) is 0 Å². The van der Waals surface area contributed by atoms with Crippen LogP contribution < -0.4 is 0 Å². The minimum atomic E-state index is 0.503. The summed E-state index contributed by atoms with van der Waals surface area (Å²) >= 11 is 0. The van der Waals surface area contributed by atoms with Crippen LogP contribution in [0, 0.1) is 0 Å². The molecule has 2 atom stereocenters. The lowest BCUT2D eigenvalue weighted by molar-refractivity contribution is 0.240. The molecule has 1 aliphatic rings. The Bertz CT molecular complexity index is 339. The van der Waals surface area contributed by atoms with Crippen LogP contribution in [0.1, 0.15) is 18.4 Å². The van der Waals surface area contributed by atoms with Gasteiger partial charge in [-0.1, -0.05) is 42.5 Å². The van der Waals surface area contributed by atoms with Crippen LogP contribution in [-0.4, -0.2) is 17.0 Å². The monoisotopic (exact) mass is 213 g/mol. The van der Waals surface area contributed by atoms with Gasteiger partial charge < -0.3 is 0 Å². The summed E-state index contributed by atoms with van der Waals surface area (Å²) in [6.07, 6.45) is 6.53. The first-order valence-electron chi connectivity index (χ1n) is 5.90. The van der Waals surface area contributed by atoms with Gasteiger partial charge in [0.15, 0.2) is 0 Å². The molecule has 0 bridgehead atoms. The molecule has 0 N–H and O–H groups in total. The zero-order valence-electron chi connectivity index (χ0n) is 9.68. The van der Waals surface area contributed by atoms with Gasteiger partial charge in [-0.2, -0.15) is 0 Å². The molecule has 0 saturated carbocycles. The second kappa shape index (κ2) is 5.13. The third-order valence-electron chi connectivity index (χ3n) is 3.36. The largest absolute Gasteiger partial charge is 0.286 e. The molecule has 2 rings (SSSR count). The number of hydrogen-bond donors (Lipinski definition) is 0. The first-order valence-corrected chi connectivity index (χ1v) is 5.90. The highest BCUT2D eigenvalue weighted by Crippen LogP contribution is 2.27. The third-order valence-corrected chi connectivity index (χ3v) is 3.36. The quantitative estimate of drug-likeness (QED) is 0.693. The number of rotatable bonds is 4. The fraction of sp³-hybridized carbons (Fsp3) is 0.333. The average Bonchev–Trinajstić information content (AvgIpc) is 2.72. The zero-order valence-corrected chi connectivity index (χ0v) is 9.68. The van der Waals surface area contributed by atoms with E-state index in [4.69, 9.17) is 0 Å². The van der Waals surface area contributed by atoms with Crippen molar-refractivity contribution in [2.75, 3.05) is 0 Å². The minimum absolute atomic E-state index is 0.503. The Hall–Kier alpha value is -1.34. The Balaban J connectivity index is 2.11. The summed E-state index contributed by atoms with van der Waals surface area (Å²) in [6.45, 7) is 8.85. The van der Waals surface area contributed by atoms with E-state index in [0.29, 0.717) is 12.1 Å². The highest BCUT2D eigenvalue weighted by molar-refractivity contribution is 5.16. The van der Waals surface area contributed by atoms with Crippen LogP contribution in [0.3, 0.4) is 0 Å². The molecule has 1 fully saturated rings. The van der Waals surface area contributed by atoms with Crippen molar-refractivity contribution in [3.8, 4) is 0 Å². The molecule has 1 aromatic rings. The van der Waals surface area contributed by atoms with E-state index >= 15 is 0 Å². The summed E-state index contributed by atoms with van der Waals surface area (Å²) in [5, 5.41) is 0. The molecule has 1 nitrogen and oxygen atoms in total. The summed E-state index contributed by atoms with van der Waals surface area (Å²) < 4.78 is 0. The number of nitrogens with zero attached hydrogens (tertiary/aromatic N) is 1. The van der Waals surface area contributed by atoms with Crippen LogP contribution >= 0.6 is 0 Å². The predicted octanol–water partition coefficient (Wildman–Crippen LogP) is 3.39. The molecular weight excluding hydrogens is 194 g/mol. The number of hydrogen-bond acceptors (Lipinski definition) is 1. The number of benzene rings is 1. The molecular formula is C15H19N. The van der Waals surface area contributed by atoms with Gasteiger partial charge in [0.1, 0.15) is 0 Å². The second-order valence-corrected chi connectivity index (χ2v) is 4.34. The molecule has 0 radical (unpaired) electrons. The van der Waals surface area contributed by atoms with Gasteiger partial charge in [0.25, 0.3) is 0 Å². The zero-order chi connectivity index (χ0) is 11.4. The van der Waals surface area contributed by atoms with Crippen molar-refractivity contribution in [1.29, 1.82) is 0 Å². The van der Waals surface area contributed by atoms with E-state index in [9.17, 15) is 0 Å². The van der Waals surface area contributed by atoms with Crippen LogP contribution in [0.2, 0.25) is 0 Å². The molecule has 1 heteroatoms. The lowest BCUT2D eigenvalue weighted by Gasteiger charge is -2.26. The van der Waals surface area contributed by atoms with Crippen molar-refractivity contribution in [2.24, 2.45) is 0 Å². The van der Waals surface area contributed by atoms with E-state index in [1.807, 2.05) is 0 Å². The van der Waals surface area contributed by atoms with E-state index in [1.54, 1.807) is 0 Å². The Morgan fingerprint density at radius 2 is 1.62 bits per heavy atom. The molecule has 16 heavy (non-hydrogen) atoms. The topological polar surface area (TPSA) is 3.24 Å². The standard InChI is InChI=1S/C15H19N/c1-3-14-10-11-15(4-2)16(14)12-13-8-6-5-7-9-13/h3-9,14-15H,1-2,10-12H2/t14-,15-/m0/s1. The van der Waals surface area contributed by atoms with Gasteiger partial charge in [0, 0.05) is 18.6 Å². The van der Waals surface area contributed by atoms with Crippen LogP contribution in [-0.2, 0) is 6.54 Å². The Kier molecular flexibility index (Phi) is 3.58. The second-order valence-electron chi connectivity index (χ2n) is 4.34. The average molecular weight is 213 g/mol.